The molecule has 1 unspecified atom stereocenters. The molecule has 1 heterocycles. The van der Waals surface area contributed by atoms with Crippen LogP contribution < -0.4 is 14.2 Å². The lowest BCUT2D eigenvalue weighted by Crippen LogP contribution is -2.31. The molecule has 8 heteroatoms. The molecule has 1 aliphatic heterocycles. The van der Waals surface area contributed by atoms with Gasteiger partial charge in [0.05, 0.1) is 37.5 Å². The zero-order valence-corrected chi connectivity index (χ0v) is 21.7. The van der Waals surface area contributed by atoms with E-state index in [9.17, 15) is 19.1 Å². The molecule has 1 saturated heterocycles. The molecular weight excluding hydrogens is 489 g/mol. The zero-order valence-electron chi connectivity index (χ0n) is 21.7. The molecule has 3 aromatic rings. The standard InChI is InChI=1S/C30H30FNO6/c1-18(2)38-23-7-5-6-20(16-23)27-26(28(33)24-17-22(36-3)12-13-25(24)37-4)29(34)30(35)32(27)15-14-19-8-10-21(31)11-9-19/h5-13,16-18,27,33H,14-15H2,1-4H3/b28-26+. The first-order valence-electron chi connectivity index (χ1n) is 12.2. The Kier molecular flexibility index (Phi) is 8.00. The van der Waals surface area contributed by atoms with Gasteiger partial charge in [-0.2, -0.15) is 0 Å². The molecule has 1 N–H and O–H groups in total. The number of ketones is 1. The minimum absolute atomic E-state index is 0.0673. The summed E-state index contributed by atoms with van der Waals surface area (Å²) in [5, 5.41) is 11.5. The Morgan fingerprint density at radius 2 is 1.71 bits per heavy atom. The average Bonchev–Trinajstić information content (AvgIpc) is 3.16. The van der Waals surface area contributed by atoms with Crippen LogP contribution in [0, 0.1) is 5.82 Å². The fourth-order valence-corrected chi connectivity index (χ4v) is 4.53. The Bertz CT molecular complexity index is 1370. The van der Waals surface area contributed by atoms with Gasteiger partial charge >= 0.3 is 0 Å². The highest BCUT2D eigenvalue weighted by molar-refractivity contribution is 6.46. The molecular formula is C30H30FNO6. The van der Waals surface area contributed by atoms with Crippen LogP contribution in [0.5, 0.6) is 17.2 Å². The number of carbonyl (C=O) groups is 2. The predicted molar refractivity (Wildman–Crippen MR) is 141 cm³/mol. The average molecular weight is 520 g/mol. The summed E-state index contributed by atoms with van der Waals surface area (Å²) in [6.45, 7) is 3.97. The van der Waals surface area contributed by atoms with Crippen molar-refractivity contribution in [1.82, 2.24) is 4.90 Å². The quantitative estimate of drug-likeness (QED) is 0.235. The zero-order chi connectivity index (χ0) is 27.4. The van der Waals surface area contributed by atoms with Gasteiger partial charge in [-0.15, -0.1) is 0 Å². The first kappa shape index (κ1) is 26.7. The number of amides is 1. The maximum absolute atomic E-state index is 13.4. The number of halogens is 1. The van der Waals surface area contributed by atoms with Crippen molar-refractivity contribution in [2.75, 3.05) is 20.8 Å². The number of aliphatic hydroxyl groups is 1. The topological polar surface area (TPSA) is 85.3 Å². The predicted octanol–water partition coefficient (Wildman–Crippen LogP) is 5.29. The summed E-state index contributed by atoms with van der Waals surface area (Å²) in [6.07, 6.45) is 0.297. The molecule has 0 saturated carbocycles. The van der Waals surface area contributed by atoms with Gasteiger partial charge < -0.3 is 24.2 Å². The van der Waals surface area contributed by atoms with Crippen molar-refractivity contribution in [2.24, 2.45) is 0 Å². The first-order valence-corrected chi connectivity index (χ1v) is 12.2. The second kappa shape index (κ2) is 11.4. The van der Waals surface area contributed by atoms with Gasteiger partial charge in [-0.05, 0) is 73.9 Å². The van der Waals surface area contributed by atoms with Crippen LogP contribution in [0.4, 0.5) is 4.39 Å². The van der Waals surface area contributed by atoms with Crippen LogP contribution in [-0.4, -0.2) is 48.6 Å². The van der Waals surface area contributed by atoms with E-state index in [0.29, 0.717) is 29.2 Å². The third kappa shape index (κ3) is 5.49. The Morgan fingerprint density at radius 3 is 2.37 bits per heavy atom. The lowest BCUT2D eigenvalue weighted by atomic mass is 9.94. The van der Waals surface area contributed by atoms with Crippen molar-refractivity contribution in [1.29, 1.82) is 0 Å². The lowest BCUT2D eigenvalue weighted by Gasteiger charge is -2.26. The maximum atomic E-state index is 13.4. The van der Waals surface area contributed by atoms with Gasteiger partial charge in [0, 0.05) is 6.54 Å². The molecule has 0 aliphatic carbocycles. The molecule has 7 nitrogen and oxygen atoms in total. The first-order chi connectivity index (χ1) is 18.2. The van der Waals surface area contributed by atoms with E-state index in [-0.39, 0.29) is 35.4 Å². The number of ether oxygens (including phenoxy) is 3. The van der Waals surface area contributed by atoms with Crippen LogP contribution in [0.1, 0.15) is 36.6 Å². The lowest BCUT2D eigenvalue weighted by molar-refractivity contribution is -0.139. The van der Waals surface area contributed by atoms with Crippen molar-refractivity contribution in [2.45, 2.75) is 32.4 Å². The molecule has 3 aromatic carbocycles. The number of benzene rings is 3. The summed E-state index contributed by atoms with van der Waals surface area (Å²) in [6, 6.07) is 17.0. The van der Waals surface area contributed by atoms with Crippen LogP contribution in [0.3, 0.4) is 0 Å². The third-order valence-corrected chi connectivity index (χ3v) is 6.30. The number of likely N-dealkylation sites (tertiary alicyclic amines) is 1. The number of aliphatic hydroxyl groups excluding tert-OH is 1. The van der Waals surface area contributed by atoms with E-state index in [1.807, 2.05) is 13.8 Å². The number of nitrogens with zero attached hydrogens (tertiary/aromatic N) is 1. The van der Waals surface area contributed by atoms with E-state index in [4.69, 9.17) is 14.2 Å². The van der Waals surface area contributed by atoms with Crippen LogP contribution in [0.15, 0.2) is 72.3 Å². The van der Waals surface area contributed by atoms with E-state index in [1.54, 1.807) is 54.6 Å². The number of rotatable bonds is 9. The number of Topliss-reactive ketones (excluding diaryl/α,β-unsaturated/α-hetero) is 1. The van der Waals surface area contributed by atoms with Crippen LogP contribution in [0.25, 0.3) is 5.76 Å². The van der Waals surface area contributed by atoms with Gasteiger partial charge in [0.15, 0.2) is 0 Å². The van der Waals surface area contributed by atoms with Crippen molar-refractivity contribution >= 4 is 17.4 Å². The van der Waals surface area contributed by atoms with E-state index < -0.39 is 17.7 Å². The van der Waals surface area contributed by atoms with E-state index in [2.05, 4.69) is 0 Å². The van der Waals surface area contributed by atoms with Crippen LogP contribution in [0.2, 0.25) is 0 Å². The summed E-state index contributed by atoms with van der Waals surface area (Å²) in [5.74, 6) is -0.951. The Morgan fingerprint density at radius 1 is 0.974 bits per heavy atom. The molecule has 198 valence electrons. The SMILES string of the molecule is COc1ccc(OC)c(/C(O)=C2\C(=O)C(=O)N(CCc3ccc(F)cc3)C2c2cccc(OC(C)C)c2)c1. The van der Waals surface area contributed by atoms with Crippen molar-refractivity contribution in [3.8, 4) is 17.2 Å². The summed E-state index contributed by atoms with van der Waals surface area (Å²) in [5.41, 5.74) is 1.56. The highest BCUT2D eigenvalue weighted by atomic mass is 19.1. The minimum atomic E-state index is -0.887. The smallest absolute Gasteiger partial charge is 0.295 e. The summed E-state index contributed by atoms with van der Waals surface area (Å²) in [4.78, 5) is 28.2. The van der Waals surface area contributed by atoms with Crippen LogP contribution in [-0.2, 0) is 16.0 Å². The largest absolute Gasteiger partial charge is 0.507 e. The molecule has 1 fully saturated rings. The molecule has 0 aromatic heterocycles. The van der Waals surface area contributed by atoms with Gasteiger partial charge in [0.25, 0.3) is 11.7 Å². The van der Waals surface area contributed by atoms with Crippen molar-refractivity contribution < 1.29 is 33.3 Å². The Balaban J connectivity index is 1.84. The van der Waals surface area contributed by atoms with E-state index >= 15 is 0 Å². The molecule has 1 amide bonds. The fourth-order valence-electron chi connectivity index (χ4n) is 4.53. The highest BCUT2D eigenvalue weighted by Gasteiger charge is 2.46. The number of hydrogen-bond donors (Lipinski definition) is 1. The summed E-state index contributed by atoms with van der Waals surface area (Å²) >= 11 is 0. The molecule has 0 radical (unpaired) electrons. The number of carbonyl (C=O) groups excluding carboxylic acids is 2. The maximum Gasteiger partial charge on any atom is 0.295 e. The minimum Gasteiger partial charge on any atom is -0.507 e. The van der Waals surface area contributed by atoms with Crippen molar-refractivity contribution in [3.05, 3.63) is 94.8 Å². The number of hydrogen-bond acceptors (Lipinski definition) is 6. The second-order valence-electron chi connectivity index (χ2n) is 9.17. The molecule has 0 spiro atoms. The van der Waals surface area contributed by atoms with E-state index in [1.165, 1.54) is 31.3 Å². The third-order valence-electron chi connectivity index (χ3n) is 6.30. The molecule has 1 atom stereocenters. The Labute approximate surface area is 221 Å². The monoisotopic (exact) mass is 519 g/mol. The molecule has 0 bridgehead atoms. The van der Waals surface area contributed by atoms with Gasteiger partial charge in [-0.1, -0.05) is 24.3 Å². The van der Waals surface area contributed by atoms with E-state index in [0.717, 1.165) is 5.56 Å². The highest BCUT2D eigenvalue weighted by Crippen LogP contribution is 2.42. The van der Waals surface area contributed by atoms with Crippen LogP contribution >= 0.6 is 0 Å². The fraction of sp³-hybridized carbons (Fsp3) is 0.267. The number of methoxy groups -OCH3 is 2. The van der Waals surface area contributed by atoms with Gasteiger partial charge in [-0.3, -0.25) is 9.59 Å². The molecule has 4 rings (SSSR count). The van der Waals surface area contributed by atoms with Crippen molar-refractivity contribution in [3.63, 3.8) is 0 Å². The van der Waals surface area contributed by atoms with Gasteiger partial charge in [-0.25, -0.2) is 4.39 Å². The molecule has 1 aliphatic rings. The Hall–Kier alpha value is -4.33. The normalized spacial score (nSPS) is 16.7. The second-order valence-corrected chi connectivity index (χ2v) is 9.17. The molecule has 38 heavy (non-hydrogen) atoms. The van der Waals surface area contributed by atoms with Gasteiger partial charge in [0.1, 0.15) is 28.8 Å². The van der Waals surface area contributed by atoms with Gasteiger partial charge in [0.2, 0.25) is 0 Å². The summed E-state index contributed by atoms with van der Waals surface area (Å²) in [7, 11) is 2.93. The summed E-state index contributed by atoms with van der Waals surface area (Å²) < 4.78 is 30.0.